The Balaban J connectivity index is 1.30. The zero-order valence-corrected chi connectivity index (χ0v) is 18.7. The van der Waals surface area contributed by atoms with E-state index in [4.69, 9.17) is 4.98 Å². The molecule has 3 heterocycles. The van der Waals surface area contributed by atoms with Crippen LogP contribution in [-0.4, -0.2) is 33.2 Å². The number of fused-ring (bicyclic) bond motifs is 2. The number of carbonyl (C=O) groups excluding carboxylic acids is 1. The predicted molar refractivity (Wildman–Crippen MR) is 127 cm³/mol. The van der Waals surface area contributed by atoms with E-state index >= 15 is 0 Å². The zero-order chi connectivity index (χ0) is 21.2. The van der Waals surface area contributed by atoms with E-state index in [0.717, 1.165) is 45.6 Å². The molecular weight excluding hydrogens is 426 g/mol. The van der Waals surface area contributed by atoms with Crippen LogP contribution in [0.2, 0.25) is 0 Å². The number of aromatic nitrogens is 3. The number of benzene rings is 2. The van der Waals surface area contributed by atoms with E-state index in [9.17, 15) is 4.79 Å². The molecule has 0 fully saturated rings. The third-order valence-corrected chi connectivity index (χ3v) is 7.42. The van der Waals surface area contributed by atoms with E-state index < -0.39 is 0 Å². The Bertz CT molecular complexity index is 1260. The minimum atomic E-state index is -0.0558. The van der Waals surface area contributed by atoms with Crippen LogP contribution >= 0.6 is 23.1 Å². The monoisotopic (exact) mass is 447 g/mol. The van der Waals surface area contributed by atoms with Crippen molar-refractivity contribution in [2.75, 3.05) is 22.5 Å². The van der Waals surface area contributed by atoms with Gasteiger partial charge in [0.25, 0.3) is 0 Å². The SMILES string of the molecule is Cc1cccc(NC(=O)CSc2ncnc3nc(N4CCc5ccccc5C4)sc23)c1. The minimum absolute atomic E-state index is 0.0558. The molecule has 0 spiro atoms. The van der Waals surface area contributed by atoms with Crippen LogP contribution in [0.25, 0.3) is 10.3 Å². The summed E-state index contributed by atoms with van der Waals surface area (Å²) in [5.74, 6) is 0.226. The van der Waals surface area contributed by atoms with Gasteiger partial charge in [0, 0.05) is 18.8 Å². The van der Waals surface area contributed by atoms with Gasteiger partial charge in [-0.15, -0.1) is 0 Å². The molecule has 6 nitrogen and oxygen atoms in total. The van der Waals surface area contributed by atoms with E-state index in [1.807, 2.05) is 31.2 Å². The van der Waals surface area contributed by atoms with E-state index in [1.165, 1.54) is 29.2 Å². The fourth-order valence-corrected chi connectivity index (χ4v) is 5.59. The number of amides is 1. The molecule has 5 rings (SSSR count). The number of nitrogens with one attached hydrogen (secondary N) is 1. The highest BCUT2D eigenvalue weighted by atomic mass is 32.2. The normalized spacial score (nSPS) is 13.3. The van der Waals surface area contributed by atoms with E-state index in [1.54, 1.807) is 11.3 Å². The van der Waals surface area contributed by atoms with Gasteiger partial charge in [0.05, 0.1) is 5.75 Å². The quantitative estimate of drug-likeness (QED) is 0.354. The maximum absolute atomic E-state index is 12.4. The highest BCUT2D eigenvalue weighted by Gasteiger charge is 2.21. The number of hydrogen-bond donors (Lipinski definition) is 1. The number of thioether (sulfide) groups is 1. The first-order chi connectivity index (χ1) is 15.2. The average Bonchev–Trinajstić information content (AvgIpc) is 3.22. The summed E-state index contributed by atoms with van der Waals surface area (Å²) >= 11 is 3.02. The predicted octanol–water partition coefficient (Wildman–Crippen LogP) is 4.69. The van der Waals surface area contributed by atoms with Crippen molar-refractivity contribution in [1.82, 2.24) is 15.0 Å². The molecule has 1 aliphatic rings. The molecule has 0 radical (unpaired) electrons. The topological polar surface area (TPSA) is 71.0 Å². The molecule has 0 unspecified atom stereocenters. The van der Waals surface area contributed by atoms with Gasteiger partial charge in [0.1, 0.15) is 16.1 Å². The molecule has 1 amide bonds. The number of anilines is 2. The molecule has 31 heavy (non-hydrogen) atoms. The third-order valence-electron chi connectivity index (χ3n) is 5.19. The van der Waals surface area contributed by atoms with Gasteiger partial charge in [0.2, 0.25) is 5.91 Å². The molecule has 8 heteroatoms. The molecule has 0 aliphatic carbocycles. The first-order valence-electron chi connectivity index (χ1n) is 10.1. The number of hydrogen-bond acceptors (Lipinski definition) is 7. The summed E-state index contributed by atoms with van der Waals surface area (Å²) in [7, 11) is 0. The van der Waals surface area contributed by atoms with Gasteiger partial charge in [-0.05, 0) is 42.2 Å². The highest BCUT2D eigenvalue weighted by molar-refractivity contribution is 8.00. The molecule has 1 N–H and O–H groups in total. The Hall–Kier alpha value is -2.97. The van der Waals surface area contributed by atoms with Crippen LogP contribution in [0.3, 0.4) is 0 Å². The van der Waals surface area contributed by atoms with E-state index in [2.05, 4.69) is 44.5 Å². The fraction of sp³-hybridized carbons (Fsp3) is 0.217. The Kier molecular flexibility index (Phi) is 5.57. The van der Waals surface area contributed by atoms with Crippen LogP contribution in [0.1, 0.15) is 16.7 Å². The zero-order valence-electron chi connectivity index (χ0n) is 17.0. The van der Waals surface area contributed by atoms with Gasteiger partial charge in [-0.1, -0.05) is 59.5 Å². The number of thiazole rings is 1. The number of carbonyl (C=O) groups is 1. The second-order valence-electron chi connectivity index (χ2n) is 7.47. The van der Waals surface area contributed by atoms with Gasteiger partial charge in [-0.2, -0.15) is 4.98 Å². The first kappa shape index (κ1) is 20.0. The van der Waals surface area contributed by atoms with E-state index in [-0.39, 0.29) is 11.7 Å². The van der Waals surface area contributed by atoms with Crippen LogP contribution in [0.5, 0.6) is 0 Å². The Morgan fingerprint density at radius 3 is 2.90 bits per heavy atom. The second-order valence-corrected chi connectivity index (χ2v) is 9.42. The van der Waals surface area contributed by atoms with Crippen molar-refractivity contribution >= 4 is 50.2 Å². The Morgan fingerprint density at radius 2 is 2.03 bits per heavy atom. The fourth-order valence-electron chi connectivity index (χ4n) is 3.67. The number of aryl methyl sites for hydroxylation is 1. The maximum Gasteiger partial charge on any atom is 0.234 e. The third kappa shape index (κ3) is 4.40. The summed E-state index contributed by atoms with van der Waals surface area (Å²) < 4.78 is 0.935. The molecule has 156 valence electrons. The molecule has 2 aromatic heterocycles. The van der Waals surface area contributed by atoms with Gasteiger partial charge in [-0.25, -0.2) is 9.97 Å². The van der Waals surface area contributed by atoms with Crippen molar-refractivity contribution < 1.29 is 4.79 Å². The average molecular weight is 448 g/mol. The van der Waals surface area contributed by atoms with Crippen molar-refractivity contribution in [1.29, 1.82) is 0 Å². The first-order valence-corrected chi connectivity index (χ1v) is 11.9. The van der Waals surface area contributed by atoms with Crippen LogP contribution in [-0.2, 0) is 17.8 Å². The summed E-state index contributed by atoms with van der Waals surface area (Å²) in [5, 5.41) is 4.70. The smallest absolute Gasteiger partial charge is 0.234 e. The molecular formula is C23H21N5OS2. The lowest BCUT2D eigenvalue weighted by molar-refractivity contribution is -0.113. The van der Waals surface area contributed by atoms with Gasteiger partial charge in [0.15, 0.2) is 10.8 Å². The summed E-state index contributed by atoms with van der Waals surface area (Å²) in [6.07, 6.45) is 2.54. The van der Waals surface area contributed by atoms with Gasteiger partial charge in [-0.3, -0.25) is 4.79 Å². The highest BCUT2D eigenvalue weighted by Crippen LogP contribution is 2.35. The molecule has 4 aromatic rings. The Labute approximate surface area is 188 Å². The van der Waals surface area contributed by atoms with Crippen LogP contribution < -0.4 is 10.2 Å². The van der Waals surface area contributed by atoms with Crippen molar-refractivity contribution in [3.8, 4) is 0 Å². The van der Waals surface area contributed by atoms with E-state index in [0.29, 0.717) is 5.65 Å². The van der Waals surface area contributed by atoms with Crippen molar-refractivity contribution in [3.63, 3.8) is 0 Å². The minimum Gasteiger partial charge on any atom is -0.343 e. The van der Waals surface area contributed by atoms with Crippen LogP contribution in [0.15, 0.2) is 59.9 Å². The number of rotatable bonds is 5. The summed E-state index contributed by atoms with van der Waals surface area (Å²) in [4.78, 5) is 28.2. The molecule has 0 atom stereocenters. The lowest BCUT2D eigenvalue weighted by Crippen LogP contribution is -2.30. The van der Waals surface area contributed by atoms with Crippen LogP contribution in [0, 0.1) is 6.92 Å². The summed E-state index contributed by atoms with van der Waals surface area (Å²) in [6.45, 7) is 3.79. The van der Waals surface area contributed by atoms with Crippen molar-refractivity contribution in [2.45, 2.75) is 24.9 Å². The van der Waals surface area contributed by atoms with Crippen LogP contribution in [0.4, 0.5) is 10.8 Å². The molecule has 0 saturated heterocycles. The summed E-state index contributed by atoms with van der Waals surface area (Å²) in [6, 6.07) is 16.4. The maximum atomic E-state index is 12.4. The second kappa shape index (κ2) is 8.64. The largest absolute Gasteiger partial charge is 0.343 e. The molecule has 0 saturated carbocycles. The van der Waals surface area contributed by atoms with Crippen molar-refractivity contribution in [3.05, 3.63) is 71.5 Å². The standard InChI is InChI=1S/C23H21N5OS2/c1-15-5-4-8-18(11-15)26-19(29)13-30-22-20-21(24-14-25-22)27-23(31-20)28-10-9-16-6-2-3-7-17(16)12-28/h2-8,11,14H,9-10,12-13H2,1H3,(H,26,29). The lowest BCUT2D eigenvalue weighted by atomic mass is 10.0. The number of nitrogens with zero attached hydrogens (tertiary/aromatic N) is 4. The molecule has 0 bridgehead atoms. The lowest BCUT2D eigenvalue weighted by Gasteiger charge is -2.28. The Morgan fingerprint density at radius 1 is 1.16 bits per heavy atom. The summed E-state index contributed by atoms with van der Waals surface area (Å²) in [5.41, 5.74) is 5.37. The van der Waals surface area contributed by atoms with Gasteiger partial charge < -0.3 is 10.2 Å². The van der Waals surface area contributed by atoms with Gasteiger partial charge >= 0.3 is 0 Å². The molecule has 1 aliphatic heterocycles. The molecule has 2 aromatic carbocycles. The van der Waals surface area contributed by atoms with Crippen molar-refractivity contribution in [2.24, 2.45) is 0 Å².